The summed E-state index contributed by atoms with van der Waals surface area (Å²) in [5.74, 6) is -0.511. The molecule has 0 aromatic carbocycles. The van der Waals surface area contributed by atoms with E-state index in [1.165, 1.54) is 6.07 Å². The molecule has 5 atom stereocenters. The van der Waals surface area contributed by atoms with Gasteiger partial charge in [-0.2, -0.15) is 0 Å². The molecule has 2 bridgehead atoms. The van der Waals surface area contributed by atoms with Crippen LogP contribution in [-0.4, -0.2) is 49.8 Å². The summed E-state index contributed by atoms with van der Waals surface area (Å²) in [7, 11) is 0. The first-order chi connectivity index (χ1) is 9.04. The number of rotatable bonds is 2. The highest BCUT2D eigenvalue weighted by molar-refractivity contribution is 5.18. The SMILES string of the molecule is O=c1cc2n(c(=O)[nH]1)[C@@H]1O[C@@H]([C@@H](O)[C@H]1O)[C@@H]2CCO. The average Bonchev–Trinajstić information content (AvgIpc) is 2.60. The van der Waals surface area contributed by atoms with Gasteiger partial charge in [-0.3, -0.25) is 14.3 Å². The number of hydrogen-bond acceptors (Lipinski definition) is 6. The predicted molar refractivity (Wildman–Crippen MR) is 61.7 cm³/mol. The van der Waals surface area contributed by atoms with Crippen LogP contribution in [0.2, 0.25) is 0 Å². The Labute approximate surface area is 106 Å². The number of hydrogen-bond donors (Lipinski definition) is 4. The monoisotopic (exact) mass is 270 g/mol. The molecular formula is C11H14N2O6. The largest absolute Gasteiger partial charge is 0.396 e. The second kappa shape index (κ2) is 4.27. The Bertz CT molecular complexity index is 608. The van der Waals surface area contributed by atoms with Crippen LogP contribution in [0.5, 0.6) is 0 Å². The number of ether oxygens (including phenoxy) is 1. The van der Waals surface area contributed by atoms with Crippen LogP contribution in [0.1, 0.15) is 24.3 Å². The van der Waals surface area contributed by atoms with Crippen LogP contribution in [0.4, 0.5) is 0 Å². The van der Waals surface area contributed by atoms with Crippen LogP contribution in [0.25, 0.3) is 0 Å². The summed E-state index contributed by atoms with van der Waals surface area (Å²) in [6.07, 6.45) is -3.90. The predicted octanol–water partition coefficient (Wildman–Crippen LogP) is -2.36. The highest BCUT2D eigenvalue weighted by Crippen LogP contribution is 2.43. The van der Waals surface area contributed by atoms with Crippen molar-refractivity contribution in [2.75, 3.05) is 6.61 Å². The summed E-state index contributed by atoms with van der Waals surface area (Å²) in [6, 6.07) is 1.25. The van der Waals surface area contributed by atoms with E-state index in [-0.39, 0.29) is 13.0 Å². The van der Waals surface area contributed by atoms with Gasteiger partial charge in [-0.1, -0.05) is 0 Å². The molecule has 2 aliphatic rings. The summed E-state index contributed by atoms with van der Waals surface area (Å²) in [6.45, 7) is -0.182. The minimum atomic E-state index is -1.24. The fourth-order valence-corrected chi connectivity index (χ4v) is 2.92. The number of nitrogens with zero attached hydrogens (tertiary/aromatic N) is 1. The molecule has 1 aromatic rings. The summed E-state index contributed by atoms with van der Waals surface area (Å²) in [5.41, 5.74) is -0.869. The number of fused-ring (bicyclic) bond motifs is 4. The van der Waals surface area contributed by atoms with E-state index in [1.54, 1.807) is 0 Å². The number of aliphatic hydroxyl groups is 3. The molecule has 104 valence electrons. The van der Waals surface area contributed by atoms with Crippen molar-refractivity contribution in [2.45, 2.75) is 36.9 Å². The van der Waals surface area contributed by atoms with Crippen LogP contribution in [0.3, 0.4) is 0 Å². The first-order valence-electron chi connectivity index (χ1n) is 6.03. The Kier molecular flexibility index (Phi) is 2.82. The van der Waals surface area contributed by atoms with Crippen molar-refractivity contribution in [3.63, 3.8) is 0 Å². The summed E-state index contributed by atoms with van der Waals surface area (Å²) in [4.78, 5) is 25.4. The first kappa shape index (κ1) is 12.5. The van der Waals surface area contributed by atoms with Gasteiger partial charge in [0.15, 0.2) is 6.23 Å². The summed E-state index contributed by atoms with van der Waals surface area (Å²) < 4.78 is 6.60. The van der Waals surface area contributed by atoms with Crippen molar-refractivity contribution < 1.29 is 20.1 Å². The third kappa shape index (κ3) is 1.68. The molecule has 0 spiro atoms. The van der Waals surface area contributed by atoms with E-state index in [9.17, 15) is 19.8 Å². The molecule has 1 fully saturated rings. The van der Waals surface area contributed by atoms with Gasteiger partial charge in [0.05, 0.1) is 6.10 Å². The van der Waals surface area contributed by atoms with Crippen molar-refractivity contribution in [2.24, 2.45) is 0 Å². The number of nitrogens with one attached hydrogen (secondary N) is 1. The maximum atomic E-state index is 11.8. The first-order valence-corrected chi connectivity index (χ1v) is 6.03. The van der Waals surface area contributed by atoms with Crippen LogP contribution >= 0.6 is 0 Å². The lowest BCUT2D eigenvalue weighted by atomic mass is 9.91. The van der Waals surface area contributed by atoms with Gasteiger partial charge in [0, 0.05) is 24.3 Å². The van der Waals surface area contributed by atoms with Gasteiger partial charge in [-0.25, -0.2) is 4.79 Å². The topological polar surface area (TPSA) is 125 Å². The molecule has 0 unspecified atom stereocenters. The van der Waals surface area contributed by atoms with Gasteiger partial charge in [-0.05, 0) is 6.42 Å². The molecule has 3 rings (SSSR count). The van der Waals surface area contributed by atoms with Crippen molar-refractivity contribution >= 4 is 0 Å². The Morgan fingerprint density at radius 2 is 2.05 bits per heavy atom. The van der Waals surface area contributed by atoms with E-state index in [2.05, 4.69) is 4.98 Å². The van der Waals surface area contributed by atoms with Gasteiger partial charge in [-0.15, -0.1) is 0 Å². The van der Waals surface area contributed by atoms with Crippen molar-refractivity contribution in [1.82, 2.24) is 9.55 Å². The van der Waals surface area contributed by atoms with E-state index >= 15 is 0 Å². The fourth-order valence-electron chi connectivity index (χ4n) is 2.92. The van der Waals surface area contributed by atoms with Crippen LogP contribution in [-0.2, 0) is 4.74 Å². The molecule has 0 radical (unpaired) electrons. The molecule has 0 aliphatic carbocycles. The molecule has 0 amide bonds. The van der Waals surface area contributed by atoms with Crippen molar-refractivity contribution in [1.29, 1.82) is 0 Å². The van der Waals surface area contributed by atoms with E-state index in [0.29, 0.717) is 5.69 Å². The molecule has 8 nitrogen and oxygen atoms in total. The van der Waals surface area contributed by atoms with E-state index in [4.69, 9.17) is 9.84 Å². The fraction of sp³-hybridized carbons (Fsp3) is 0.636. The van der Waals surface area contributed by atoms with Gasteiger partial charge >= 0.3 is 5.69 Å². The molecular weight excluding hydrogens is 256 g/mol. The number of H-pyrrole nitrogens is 1. The molecule has 8 heteroatoms. The van der Waals surface area contributed by atoms with Gasteiger partial charge in [0.1, 0.15) is 12.2 Å². The lowest BCUT2D eigenvalue weighted by Gasteiger charge is -2.32. The van der Waals surface area contributed by atoms with E-state index < -0.39 is 41.7 Å². The molecule has 1 aromatic heterocycles. The second-order valence-corrected chi connectivity index (χ2v) is 4.82. The Morgan fingerprint density at radius 3 is 2.74 bits per heavy atom. The number of aliphatic hydroxyl groups excluding tert-OH is 3. The zero-order chi connectivity index (χ0) is 13.7. The maximum Gasteiger partial charge on any atom is 0.330 e. The minimum absolute atomic E-state index is 0.182. The molecule has 2 aliphatic heterocycles. The van der Waals surface area contributed by atoms with Crippen LogP contribution < -0.4 is 11.2 Å². The van der Waals surface area contributed by atoms with Crippen molar-refractivity contribution in [3.8, 4) is 0 Å². The quantitative estimate of drug-likeness (QED) is 0.476. The minimum Gasteiger partial charge on any atom is -0.396 e. The Balaban J connectivity index is 2.22. The van der Waals surface area contributed by atoms with E-state index in [1.807, 2.05) is 0 Å². The molecule has 1 saturated heterocycles. The molecule has 19 heavy (non-hydrogen) atoms. The smallest absolute Gasteiger partial charge is 0.330 e. The lowest BCUT2D eigenvalue weighted by Crippen LogP contribution is -2.42. The molecule has 0 saturated carbocycles. The zero-order valence-corrected chi connectivity index (χ0v) is 9.89. The second-order valence-electron chi connectivity index (χ2n) is 4.82. The highest BCUT2D eigenvalue weighted by atomic mass is 16.6. The molecule has 4 N–H and O–H groups in total. The normalized spacial score (nSPS) is 36.3. The lowest BCUT2D eigenvalue weighted by molar-refractivity contribution is -0.0729. The summed E-state index contributed by atoms with van der Waals surface area (Å²) >= 11 is 0. The maximum absolute atomic E-state index is 11.8. The van der Waals surface area contributed by atoms with Crippen LogP contribution in [0, 0.1) is 0 Å². The number of aromatic amines is 1. The van der Waals surface area contributed by atoms with E-state index in [0.717, 1.165) is 4.57 Å². The van der Waals surface area contributed by atoms with Crippen molar-refractivity contribution in [3.05, 3.63) is 32.6 Å². The highest BCUT2D eigenvalue weighted by Gasteiger charge is 2.52. The van der Waals surface area contributed by atoms with Crippen LogP contribution in [0.15, 0.2) is 15.7 Å². The zero-order valence-electron chi connectivity index (χ0n) is 9.89. The Hall–Kier alpha value is -1.48. The van der Waals surface area contributed by atoms with Gasteiger partial charge in [0.25, 0.3) is 5.56 Å². The summed E-state index contributed by atoms with van der Waals surface area (Å²) in [5, 5.41) is 28.9. The van der Waals surface area contributed by atoms with Gasteiger partial charge in [0.2, 0.25) is 0 Å². The average molecular weight is 270 g/mol. The van der Waals surface area contributed by atoms with Gasteiger partial charge < -0.3 is 20.1 Å². The third-order valence-electron chi connectivity index (χ3n) is 3.75. The molecule has 3 heterocycles. The standard InChI is InChI=1S/C11H14N2O6/c14-2-1-4-5-3-6(15)12-11(18)13(5)10-8(17)7(16)9(4)19-10/h3-4,7-10,14,16-17H,1-2H2,(H,12,15,18)/t4-,7+,8-,9-,10-/m1/s1. The number of aromatic nitrogens is 2. The Morgan fingerprint density at radius 1 is 1.32 bits per heavy atom. The third-order valence-corrected chi connectivity index (χ3v) is 3.75.